The van der Waals surface area contributed by atoms with Gasteiger partial charge in [0.2, 0.25) is 5.16 Å². The summed E-state index contributed by atoms with van der Waals surface area (Å²) in [6.45, 7) is 0. The Labute approximate surface area is 164 Å². The highest BCUT2D eigenvalue weighted by Gasteiger charge is 2.17. The minimum Gasteiger partial charge on any atom is -0.497 e. The molecule has 28 heavy (non-hydrogen) atoms. The van der Waals surface area contributed by atoms with Gasteiger partial charge in [0.25, 0.3) is 0 Å². The Morgan fingerprint density at radius 2 is 1.86 bits per heavy atom. The number of carbonyl (C=O) groups excluding carboxylic acids is 1. The van der Waals surface area contributed by atoms with Gasteiger partial charge < -0.3 is 14.6 Å². The van der Waals surface area contributed by atoms with E-state index >= 15 is 0 Å². The number of aromatic nitrogens is 4. The van der Waals surface area contributed by atoms with Crippen LogP contribution in [0.15, 0.2) is 47.6 Å². The number of aromatic carboxylic acids is 1. The van der Waals surface area contributed by atoms with Crippen LogP contribution in [0.5, 0.6) is 11.5 Å². The SMILES string of the molecule is COc1ccc(OC)c(C(=O)CSc2nnnn2-c2ccc(C(=O)O)cc2)c1. The summed E-state index contributed by atoms with van der Waals surface area (Å²) in [5, 5.41) is 20.9. The van der Waals surface area contributed by atoms with E-state index in [4.69, 9.17) is 14.6 Å². The van der Waals surface area contributed by atoms with Crippen LogP contribution in [-0.4, -0.2) is 57.0 Å². The number of carboxylic acids is 1. The number of hydrogen-bond donors (Lipinski definition) is 1. The first kappa shape index (κ1) is 19.4. The maximum absolute atomic E-state index is 12.7. The number of methoxy groups -OCH3 is 2. The Balaban J connectivity index is 1.77. The summed E-state index contributed by atoms with van der Waals surface area (Å²) < 4.78 is 11.8. The molecule has 2 aromatic carbocycles. The Kier molecular flexibility index (Phi) is 5.90. The second-order valence-electron chi connectivity index (χ2n) is 5.50. The van der Waals surface area contributed by atoms with Crippen LogP contribution < -0.4 is 9.47 Å². The summed E-state index contributed by atoms with van der Waals surface area (Å²) in [5.41, 5.74) is 1.15. The van der Waals surface area contributed by atoms with Gasteiger partial charge in [0.1, 0.15) is 11.5 Å². The topological polar surface area (TPSA) is 116 Å². The molecule has 0 saturated heterocycles. The van der Waals surface area contributed by atoms with Crippen molar-refractivity contribution in [2.75, 3.05) is 20.0 Å². The number of carbonyl (C=O) groups is 2. The van der Waals surface area contributed by atoms with E-state index in [0.29, 0.717) is 27.9 Å². The number of nitrogens with zero attached hydrogens (tertiary/aromatic N) is 4. The van der Waals surface area contributed by atoms with Crippen molar-refractivity contribution in [3.8, 4) is 17.2 Å². The minimum absolute atomic E-state index is 0.0805. The number of rotatable bonds is 8. The van der Waals surface area contributed by atoms with Gasteiger partial charge in [-0.2, -0.15) is 4.68 Å². The van der Waals surface area contributed by atoms with Crippen LogP contribution in [0.3, 0.4) is 0 Å². The molecule has 1 aromatic heterocycles. The van der Waals surface area contributed by atoms with Gasteiger partial charge in [-0.25, -0.2) is 4.79 Å². The first-order chi connectivity index (χ1) is 13.5. The fourth-order valence-electron chi connectivity index (χ4n) is 2.42. The summed E-state index contributed by atoms with van der Waals surface area (Å²) >= 11 is 1.16. The fourth-order valence-corrected chi connectivity index (χ4v) is 3.19. The monoisotopic (exact) mass is 400 g/mol. The first-order valence-electron chi connectivity index (χ1n) is 8.03. The Hall–Kier alpha value is -3.40. The van der Waals surface area contributed by atoms with Crippen molar-refractivity contribution in [3.05, 3.63) is 53.6 Å². The number of ether oxygens (including phenoxy) is 2. The lowest BCUT2D eigenvalue weighted by Gasteiger charge is -2.09. The molecular formula is C18H16N4O5S. The standard InChI is InChI=1S/C18H16N4O5S/c1-26-13-7-8-16(27-2)14(9-13)15(23)10-28-18-19-20-21-22(18)12-5-3-11(4-6-12)17(24)25/h3-9H,10H2,1-2H3,(H,24,25). The van der Waals surface area contributed by atoms with Crippen LogP contribution in [0.1, 0.15) is 20.7 Å². The zero-order valence-electron chi connectivity index (χ0n) is 15.0. The van der Waals surface area contributed by atoms with E-state index in [1.54, 1.807) is 30.3 Å². The Bertz CT molecular complexity index is 1000. The van der Waals surface area contributed by atoms with Crippen LogP contribution in [0.25, 0.3) is 5.69 Å². The third kappa shape index (κ3) is 4.12. The molecule has 0 unspecified atom stereocenters. The van der Waals surface area contributed by atoms with Crippen molar-refractivity contribution in [3.63, 3.8) is 0 Å². The van der Waals surface area contributed by atoms with E-state index < -0.39 is 5.97 Å². The highest BCUT2D eigenvalue weighted by molar-refractivity contribution is 7.99. The largest absolute Gasteiger partial charge is 0.497 e. The summed E-state index contributed by atoms with van der Waals surface area (Å²) in [6.07, 6.45) is 0. The molecule has 0 amide bonds. The van der Waals surface area contributed by atoms with Crippen molar-refractivity contribution in [1.29, 1.82) is 0 Å². The maximum Gasteiger partial charge on any atom is 0.335 e. The summed E-state index contributed by atoms with van der Waals surface area (Å²) in [6, 6.07) is 11.1. The van der Waals surface area contributed by atoms with Gasteiger partial charge in [0, 0.05) is 0 Å². The molecule has 0 atom stereocenters. The summed E-state index contributed by atoms with van der Waals surface area (Å²) in [5.74, 6) is -0.100. The number of thioether (sulfide) groups is 1. The number of benzene rings is 2. The molecule has 3 rings (SSSR count). The molecule has 1 heterocycles. The van der Waals surface area contributed by atoms with Crippen LogP contribution >= 0.6 is 11.8 Å². The molecule has 0 radical (unpaired) electrons. The molecule has 10 heteroatoms. The van der Waals surface area contributed by atoms with Crippen molar-refractivity contribution >= 4 is 23.5 Å². The van der Waals surface area contributed by atoms with Gasteiger partial charge in [0.15, 0.2) is 5.78 Å². The molecule has 0 bridgehead atoms. The molecule has 0 fully saturated rings. The quantitative estimate of drug-likeness (QED) is 0.449. The van der Waals surface area contributed by atoms with Gasteiger partial charge in [0.05, 0.1) is 36.8 Å². The molecule has 0 saturated carbocycles. The average molecular weight is 400 g/mol. The van der Waals surface area contributed by atoms with E-state index in [1.807, 2.05) is 0 Å². The smallest absolute Gasteiger partial charge is 0.335 e. The van der Waals surface area contributed by atoms with E-state index in [2.05, 4.69) is 15.5 Å². The van der Waals surface area contributed by atoms with Gasteiger partial charge >= 0.3 is 5.97 Å². The molecule has 0 aliphatic rings. The van der Waals surface area contributed by atoms with Crippen molar-refractivity contribution in [1.82, 2.24) is 20.2 Å². The fraction of sp³-hybridized carbons (Fsp3) is 0.167. The van der Waals surface area contributed by atoms with Crippen LogP contribution in [-0.2, 0) is 0 Å². The summed E-state index contributed by atoms with van der Waals surface area (Å²) in [4.78, 5) is 23.6. The molecule has 0 spiro atoms. The molecule has 3 aromatic rings. The Morgan fingerprint density at radius 3 is 2.50 bits per heavy atom. The number of tetrazole rings is 1. The lowest BCUT2D eigenvalue weighted by atomic mass is 10.1. The van der Waals surface area contributed by atoms with Crippen molar-refractivity contribution in [2.24, 2.45) is 0 Å². The summed E-state index contributed by atoms with van der Waals surface area (Å²) in [7, 11) is 3.02. The van der Waals surface area contributed by atoms with Crippen molar-refractivity contribution in [2.45, 2.75) is 5.16 Å². The molecule has 1 N–H and O–H groups in total. The minimum atomic E-state index is -1.02. The highest BCUT2D eigenvalue weighted by atomic mass is 32.2. The van der Waals surface area contributed by atoms with Crippen LogP contribution in [0.2, 0.25) is 0 Å². The van der Waals surface area contributed by atoms with Crippen LogP contribution in [0.4, 0.5) is 0 Å². The van der Waals surface area contributed by atoms with Gasteiger partial charge in [-0.3, -0.25) is 4.79 Å². The van der Waals surface area contributed by atoms with E-state index in [9.17, 15) is 9.59 Å². The molecular weight excluding hydrogens is 384 g/mol. The lowest BCUT2D eigenvalue weighted by molar-refractivity contribution is 0.0696. The third-order valence-corrected chi connectivity index (χ3v) is 4.76. The molecule has 9 nitrogen and oxygen atoms in total. The zero-order valence-corrected chi connectivity index (χ0v) is 15.8. The van der Waals surface area contributed by atoms with Crippen molar-refractivity contribution < 1.29 is 24.2 Å². The molecule has 144 valence electrons. The number of carboxylic acid groups (broad SMARTS) is 1. The Morgan fingerprint density at radius 1 is 1.11 bits per heavy atom. The highest BCUT2D eigenvalue weighted by Crippen LogP contribution is 2.27. The average Bonchev–Trinajstić information content (AvgIpc) is 3.20. The molecule has 0 aliphatic heterocycles. The van der Waals surface area contributed by atoms with Crippen LogP contribution in [0, 0.1) is 0 Å². The van der Waals surface area contributed by atoms with Gasteiger partial charge in [-0.05, 0) is 52.9 Å². The number of hydrogen-bond acceptors (Lipinski definition) is 8. The second kappa shape index (κ2) is 8.53. The van der Waals surface area contributed by atoms with Gasteiger partial charge in [-0.1, -0.05) is 11.8 Å². The van der Waals surface area contributed by atoms with E-state index in [1.165, 1.54) is 31.0 Å². The predicted molar refractivity (Wildman–Crippen MR) is 101 cm³/mol. The zero-order chi connectivity index (χ0) is 20.1. The molecule has 0 aliphatic carbocycles. The predicted octanol–water partition coefficient (Wildman–Crippen LogP) is 2.35. The van der Waals surface area contributed by atoms with E-state index in [-0.39, 0.29) is 17.1 Å². The number of Topliss-reactive ketones (excluding diaryl/α,β-unsaturated/α-hetero) is 1. The lowest BCUT2D eigenvalue weighted by Crippen LogP contribution is -2.07. The van der Waals surface area contributed by atoms with Gasteiger partial charge in [-0.15, -0.1) is 5.10 Å². The second-order valence-corrected chi connectivity index (χ2v) is 6.45. The van der Waals surface area contributed by atoms with E-state index in [0.717, 1.165) is 11.8 Å². The number of ketones is 1. The first-order valence-corrected chi connectivity index (χ1v) is 9.02. The normalized spacial score (nSPS) is 10.5. The maximum atomic E-state index is 12.7. The third-order valence-electron chi connectivity index (χ3n) is 3.84.